The first-order valence-corrected chi connectivity index (χ1v) is 7.76. The van der Waals surface area contributed by atoms with Crippen LogP contribution in [0.1, 0.15) is 18.4 Å². The van der Waals surface area contributed by atoms with Gasteiger partial charge in [-0.3, -0.25) is 4.79 Å². The molecular formula is C18H17BFNO2. The first-order chi connectivity index (χ1) is 11.2. The van der Waals surface area contributed by atoms with Crippen LogP contribution in [0.25, 0.3) is 11.1 Å². The standard InChI is InChI=1S/C18H17BFNO2/c20-17-4-2-1-3-16(17)14-7-5-13(6-8-14)11-15-9-10-18(23)21(15)19-12-22/h1-8,12,15,19H,9-11H2/t15-/m0/s1. The summed E-state index contributed by atoms with van der Waals surface area (Å²) in [5, 5.41) is 0. The number of hydrogen-bond acceptors (Lipinski definition) is 2. The molecule has 1 fully saturated rings. The van der Waals surface area contributed by atoms with Crippen LogP contribution in [-0.2, 0) is 16.0 Å². The Bertz CT molecular complexity index is 717. The van der Waals surface area contributed by atoms with E-state index in [1.165, 1.54) is 6.07 Å². The number of halogens is 1. The predicted molar refractivity (Wildman–Crippen MR) is 89.3 cm³/mol. The third-order valence-corrected chi connectivity index (χ3v) is 4.33. The number of amides is 1. The summed E-state index contributed by atoms with van der Waals surface area (Å²) in [4.78, 5) is 24.1. The number of carbonyl (C=O) groups is 2. The molecule has 0 radical (unpaired) electrons. The number of nitrogens with zero attached hydrogens (tertiary/aromatic N) is 1. The maximum atomic E-state index is 13.8. The van der Waals surface area contributed by atoms with Crippen molar-refractivity contribution in [1.82, 2.24) is 4.81 Å². The Balaban J connectivity index is 1.74. The molecule has 0 spiro atoms. The first kappa shape index (κ1) is 15.5. The molecule has 23 heavy (non-hydrogen) atoms. The van der Waals surface area contributed by atoms with Gasteiger partial charge in [-0.05, 0) is 30.0 Å². The van der Waals surface area contributed by atoms with Crippen LogP contribution in [-0.4, -0.2) is 30.4 Å². The second-order valence-electron chi connectivity index (χ2n) is 5.79. The van der Waals surface area contributed by atoms with E-state index in [-0.39, 0.29) is 25.2 Å². The fourth-order valence-electron chi connectivity index (χ4n) is 3.12. The van der Waals surface area contributed by atoms with Crippen LogP contribution in [0.4, 0.5) is 4.39 Å². The maximum Gasteiger partial charge on any atom is 0.313 e. The summed E-state index contributed by atoms with van der Waals surface area (Å²) in [6, 6.07) is 14.5. The van der Waals surface area contributed by atoms with E-state index in [4.69, 9.17) is 0 Å². The Morgan fingerprint density at radius 1 is 1.17 bits per heavy atom. The summed E-state index contributed by atoms with van der Waals surface area (Å²) in [6.07, 6.45) is 2.78. The number of benzene rings is 2. The van der Waals surface area contributed by atoms with E-state index in [9.17, 15) is 14.0 Å². The molecule has 0 unspecified atom stereocenters. The molecule has 1 amide bonds. The lowest BCUT2D eigenvalue weighted by Crippen LogP contribution is -2.38. The minimum Gasteiger partial charge on any atom is -0.379 e. The van der Waals surface area contributed by atoms with E-state index in [1.807, 2.05) is 30.3 Å². The molecule has 1 aliphatic rings. The highest BCUT2D eigenvalue weighted by Gasteiger charge is 2.30. The average Bonchev–Trinajstić information content (AvgIpc) is 2.90. The SMILES string of the molecule is O=CBN1C(=O)CC[C@H]1Cc1ccc(-c2ccccc2F)cc1. The largest absolute Gasteiger partial charge is 0.379 e. The van der Waals surface area contributed by atoms with Gasteiger partial charge in [0.2, 0.25) is 5.91 Å². The minimum absolute atomic E-state index is 0.0464. The maximum absolute atomic E-state index is 13.8. The lowest BCUT2D eigenvalue weighted by Gasteiger charge is -2.22. The smallest absolute Gasteiger partial charge is 0.313 e. The zero-order valence-corrected chi connectivity index (χ0v) is 12.7. The predicted octanol–water partition coefficient (Wildman–Crippen LogP) is 2.57. The fraction of sp³-hybridized carbons (Fsp3) is 0.222. The van der Waals surface area contributed by atoms with Gasteiger partial charge in [-0.1, -0.05) is 42.5 Å². The summed E-state index contributed by atoms with van der Waals surface area (Å²) >= 11 is 0. The number of hydrogen-bond donors (Lipinski definition) is 0. The van der Waals surface area contributed by atoms with Gasteiger partial charge < -0.3 is 9.61 Å². The molecular weight excluding hydrogens is 292 g/mol. The normalized spacial score (nSPS) is 17.3. The van der Waals surface area contributed by atoms with E-state index in [2.05, 4.69) is 0 Å². The van der Waals surface area contributed by atoms with Crippen LogP contribution in [0.5, 0.6) is 0 Å². The van der Waals surface area contributed by atoms with Gasteiger partial charge in [0.15, 0.2) is 0 Å². The van der Waals surface area contributed by atoms with E-state index in [0.29, 0.717) is 12.0 Å². The second kappa shape index (κ2) is 6.77. The third-order valence-electron chi connectivity index (χ3n) is 4.33. The lowest BCUT2D eigenvalue weighted by atomic mass is 9.91. The molecule has 1 aliphatic heterocycles. The minimum atomic E-state index is -0.237. The van der Waals surface area contributed by atoms with Crippen LogP contribution in [0.2, 0.25) is 0 Å². The van der Waals surface area contributed by atoms with Gasteiger partial charge in [-0.2, -0.15) is 0 Å². The van der Waals surface area contributed by atoms with E-state index in [1.54, 1.807) is 16.9 Å². The first-order valence-electron chi connectivity index (χ1n) is 7.76. The van der Waals surface area contributed by atoms with Gasteiger partial charge in [-0.25, -0.2) is 4.39 Å². The van der Waals surface area contributed by atoms with Crippen LogP contribution < -0.4 is 0 Å². The van der Waals surface area contributed by atoms with Crippen molar-refractivity contribution in [2.24, 2.45) is 0 Å². The molecule has 3 rings (SSSR count). The highest BCUT2D eigenvalue weighted by atomic mass is 19.1. The highest BCUT2D eigenvalue weighted by Crippen LogP contribution is 2.25. The fourth-order valence-corrected chi connectivity index (χ4v) is 3.12. The Kier molecular flexibility index (Phi) is 4.56. The second-order valence-corrected chi connectivity index (χ2v) is 5.79. The molecule has 2 aromatic rings. The Hall–Kier alpha value is -2.43. The van der Waals surface area contributed by atoms with Crippen molar-refractivity contribution in [2.45, 2.75) is 25.3 Å². The summed E-state index contributed by atoms with van der Waals surface area (Å²) in [7, 11) is 0.164. The molecule has 0 aliphatic carbocycles. The van der Waals surface area contributed by atoms with Crippen molar-refractivity contribution >= 4 is 19.5 Å². The molecule has 2 aromatic carbocycles. The van der Waals surface area contributed by atoms with Crippen LogP contribution >= 0.6 is 0 Å². The quantitative estimate of drug-likeness (QED) is 0.629. The van der Waals surface area contributed by atoms with Gasteiger partial charge in [0.25, 0.3) is 0 Å². The lowest BCUT2D eigenvalue weighted by molar-refractivity contribution is -0.124. The van der Waals surface area contributed by atoms with Gasteiger partial charge in [0.1, 0.15) is 12.0 Å². The van der Waals surface area contributed by atoms with Gasteiger partial charge in [0.05, 0.1) is 0 Å². The van der Waals surface area contributed by atoms with Gasteiger partial charge >= 0.3 is 7.41 Å². The molecule has 1 atom stereocenters. The van der Waals surface area contributed by atoms with E-state index in [0.717, 1.165) is 30.2 Å². The van der Waals surface area contributed by atoms with Crippen molar-refractivity contribution < 1.29 is 14.0 Å². The topological polar surface area (TPSA) is 37.4 Å². The zero-order valence-electron chi connectivity index (χ0n) is 12.7. The van der Waals surface area contributed by atoms with Gasteiger partial charge in [-0.15, -0.1) is 0 Å². The van der Waals surface area contributed by atoms with Crippen molar-refractivity contribution in [3.05, 3.63) is 59.9 Å². The number of rotatable bonds is 5. The van der Waals surface area contributed by atoms with E-state index < -0.39 is 0 Å². The Labute approximate surface area is 135 Å². The number of carbonyl (C=O) groups excluding carboxylic acids is 2. The molecule has 5 heteroatoms. The monoisotopic (exact) mass is 309 g/mol. The Morgan fingerprint density at radius 2 is 1.91 bits per heavy atom. The zero-order chi connectivity index (χ0) is 16.2. The summed E-state index contributed by atoms with van der Waals surface area (Å²) in [5.41, 5.74) is 2.50. The third kappa shape index (κ3) is 3.34. The van der Waals surface area contributed by atoms with Crippen LogP contribution in [0.15, 0.2) is 48.5 Å². The summed E-state index contributed by atoms with van der Waals surface area (Å²) in [5.74, 6) is -0.191. The highest BCUT2D eigenvalue weighted by molar-refractivity contribution is 6.66. The van der Waals surface area contributed by atoms with Gasteiger partial charge in [0, 0.05) is 18.0 Å². The van der Waals surface area contributed by atoms with E-state index >= 15 is 0 Å². The van der Waals surface area contributed by atoms with Crippen molar-refractivity contribution in [1.29, 1.82) is 0 Å². The van der Waals surface area contributed by atoms with Crippen LogP contribution in [0, 0.1) is 5.82 Å². The molecule has 0 bridgehead atoms. The molecule has 1 heterocycles. The van der Waals surface area contributed by atoms with Crippen molar-refractivity contribution in [3.63, 3.8) is 0 Å². The Morgan fingerprint density at radius 3 is 2.61 bits per heavy atom. The molecule has 0 saturated carbocycles. The molecule has 116 valence electrons. The van der Waals surface area contributed by atoms with Crippen LogP contribution in [0.3, 0.4) is 0 Å². The van der Waals surface area contributed by atoms with Crippen molar-refractivity contribution in [3.8, 4) is 11.1 Å². The summed E-state index contributed by atoms with van der Waals surface area (Å²) in [6.45, 7) is 0. The molecule has 1 saturated heterocycles. The molecule has 3 nitrogen and oxygen atoms in total. The average molecular weight is 309 g/mol. The van der Waals surface area contributed by atoms with Crippen molar-refractivity contribution in [2.75, 3.05) is 0 Å². The summed E-state index contributed by atoms with van der Waals surface area (Å²) < 4.78 is 13.8. The molecule has 0 N–H and O–H groups in total. The molecule has 0 aromatic heterocycles.